The van der Waals surface area contributed by atoms with Gasteiger partial charge in [-0.05, 0) is 44.4 Å². The lowest BCUT2D eigenvalue weighted by Gasteiger charge is -2.31. The van der Waals surface area contributed by atoms with Crippen LogP contribution >= 0.6 is 11.3 Å². The maximum absolute atomic E-state index is 12.9. The van der Waals surface area contributed by atoms with Gasteiger partial charge in [-0.3, -0.25) is 0 Å². The van der Waals surface area contributed by atoms with E-state index in [0.29, 0.717) is 17.7 Å². The molecule has 0 bridgehead atoms. The summed E-state index contributed by atoms with van der Waals surface area (Å²) < 4.78 is 25.9. The van der Waals surface area contributed by atoms with E-state index in [1.807, 2.05) is 19.1 Å². The van der Waals surface area contributed by atoms with E-state index in [1.165, 1.54) is 11.1 Å². The van der Waals surface area contributed by atoms with Gasteiger partial charge in [0, 0.05) is 24.9 Å². The van der Waals surface area contributed by atoms with Crippen molar-refractivity contribution in [1.82, 2.24) is 4.98 Å². The molecule has 0 saturated carbocycles. The summed E-state index contributed by atoms with van der Waals surface area (Å²) in [5, 5.41) is 2.80. The number of thiazole rings is 1. The van der Waals surface area contributed by atoms with E-state index >= 15 is 0 Å². The average molecular weight is 427 g/mol. The first-order valence-electron chi connectivity index (χ1n) is 9.97. The molecule has 2 aromatic carbocycles. The molecule has 1 saturated heterocycles. The van der Waals surface area contributed by atoms with Gasteiger partial charge < -0.3 is 4.90 Å². The van der Waals surface area contributed by atoms with Crippen LogP contribution in [0.5, 0.6) is 0 Å². The van der Waals surface area contributed by atoms with Gasteiger partial charge in [0.05, 0.1) is 15.8 Å². The Balaban J connectivity index is 1.40. The number of hydrogen-bond acceptors (Lipinski definition) is 5. The lowest BCUT2D eigenvalue weighted by Crippen LogP contribution is -2.39. The molecule has 0 atom stereocenters. The lowest BCUT2D eigenvalue weighted by molar-refractivity contribution is 0.529. The van der Waals surface area contributed by atoms with Crippen molar-refractivity contribution in [2.75, 3.05) is 18.0 Å². The number of piperidine rings is 1. The van der Waals surface area contributed by atoms with Crippen molar-refractivity contribution in [1.29, 1.82) is 0 Å². The number of rotatable bonds is 5. The number of hydrogen-bond donors (Lipinski definition) is 0. The van der Waals surface area contributed by atoms with Crippen molar-refractivity contribution in [2.24, 2.45) is 0 Å². The first kappa shape index (κ1) is 20.1. The van der Waals surface area contributed by atoms with Crippen LogP contribution in [0.1, 0.15) is 35.2 Å². The largest absolute Gasteiger partial charge is 0.348 e. The minimum absolute atomic E-state index is 0.312. The summed E-state index contributed by atoms with van der Waals surface area (Å²) in [6.45, 7) is 5.53. The number of nitrogens with zero attached hydrogens (tertiary/aromatic N) is 2. The Morgan fingerprint density at radius 3 is 2.45 bits per heavy atom. The fourth-order valence-corrected chi connectivity index (χ4v) is 6.44. The van der Waals surface area contributed by atoms with Gasteiger partial charge in [-0.15, -0.1) is 11.3 Å². The highest BCUT2D eigenvalue weighted by Crippen LogP contribution is 2.29. The van der Waals surface area contributed by atoms with Crippen LogP contribution in [0.15, 0.2) is 58.8 Å². The molecular formula is C23H26N2O2S2. The molecular weight excluding hydrogens is 400 g/mol. The number of sulfone groups is 1. The van der Waals surface area contributed by atoms with Crippen LogP contribution in [0.3, 0.4) is 0 Å². The average Bonchev–Trinajstić information content (AvgIpc) is 3.17. The van der Waals surface area contributed by atoms with Gasteiger partial charge in [-0.2, -0.15) is 0 Å². The van der Waals surface area contributed by atoms with Crippen LogP contribution in [0, 0.1) is 13.8 Å². The van der Waals surface area contributed by atoms with Crippen molar-refractivity contribution in [3.63, 3.8) is 0 Å². The molecule has 2 heterocycles. The summed E-state index contributed by atoms with van der Waals surface area (Å²) in [5.74, 6) is 0. The number of benzene rings is 2. The van der Waals surface area contributed by atoms with Crippen LogP contribution in [-0.4, -0.2) is 31.7 Å². The highest BCUT2D eigenvalue weighted by Gasteiger charge is 2.32. The fraction of sp³-hybridized carbons (Fsp3) is 0.348. The molecule has 0 N–H and O–H groups in total. The minimum atomic E-state index is -3.27. The maximum Gasteiger partial charge on any atom is 0.185 e. The molecule has 1 fully saturated rings. The molecule has 0 amide bonds. The molecule has 3 aromatic rings. The summed E-state index contributed by atoms with van der Waals surface area (Å²) >= 11 is 1.65. The van der Waals surface area contributed by atoms with Gasteiger partial charge in [0.25, 0.3) is 0 Å². The van der Waals surface area contributed by atoms with Gasteiger partial charge in [-0.25, -0.2) is 13.4 Å². The van der Waals surface area contributed by atoms with Crippen LogP contribution in [-0.2, 0) is 16.3 Å². The van der Waals surface area contributed by atoms with Gasteiger partial charge in [-0.1, -0.05) is 47.5 Å². The molecule has 29 heavy (non-hydrogen) atoms. The zero-order valence-corrected chi connectivity index (χ0v) is 18.5. The minimum Gasteiger partial charge on any atom is -0.348 e. The molecule has 1 aliphatic rings. The first-order valence-corrected chi connectivity index (χ1v) is 12.4. The molecule has 4 nitrogen and oxygen atoms in total. The molecule has 1 aliphatic heterocycles. The van der Waals surface area contributed by atoms with Crippen LogP contribution in [0.4, 0.5) is 5.13 Å². The molecule has 1 aromatic heterocycles. The first-order chi connectivity index (χ1) is 13.9. The second-order valence-corrected chi connectivity index (χ2v) is 10.9. The molecule has 0 aliphatic carbocycles. The topological polar surface area (TPSA) is 50.3 Å². The lowest BCUT2D eigenvalue weighted by atomic mass is 10.1. The Kier molecular flexibility index (Phi) is 5.74. The van der Waals surface area contributed by atoms with Crippen molar-refractivity contribution < 1.29 is 8.42 Å². The summed E-state index contributed by atoms with van der Waals surface area (Å²) in [6.07, 6.45) is 2.11. The Morgan fingerprint density at radius 1 is 1.03 bits per heavy atom. The van der Waals surface area contributed by atoms with E-state index in [-0.39, 0.29) is 5.25 Å². The quantitative estimate of drug-likeness (QED) is 0.588. The monoisotopic (exact) mass is 426 g/mol. The van der Waals surface area contributed by atoms with Crippen LogP contribution in [0.2, 0.25) is 0 Å². The Labute approximate surface area is 177 Å². The number of aryl methyl sites for hydroxylation is 2. The van der Waals surface area contributed by atoms with E-state index in [4.69, 9.17) is 4.98 Å². The number of anilines is 1. The van der Waals surface area contributed by atoms with Gasteiger partial charge >= 0.3 is 0 Å². The predicted octanol–water partition coefficient (Wildman–Crippen LogP) is 4.79. The van der Waals surface area contributed by atoms with Crippen molar-refractivity contribution >= 4 is 26.3 Å². The predicted molar refractivity (Wildman–Crippen MR) is 120 cm³/mol. The molecule has 0 spiro atoms. The molecule has 0 radical (unpaired) electrons. The SMILES string of the molecule is Cc1ccc(S(=O)(=O)C2CCN(c3nc(Cc4cccc(C)c4)cs3)CC2)cc1. The van der Waals surface area contributed by atoms with E-state index in [2.05, 4.69) is 41.5 Å². The molecule has 152 valence electrons. The van der Waals surface area contributed by atoms with Crippen molar-refractivity contribution in [2.45, 2.75) is 43.3 Å². The van der Waals surface area contributed by atoms with E-state index in [9.17, 15) is 8.42 Å². The highest BCUT2D eigenvalue weighted by atomic mass is 32.2. The summed E-state index contributed by atoms with van der Waals surface area (Å²) in [4.78, 5) is 7.48. The highest BCUT2D eigenvalue weighted by molar-refractivity contribution is 7.92. The Bertz CT molecular complexity index is 1080. The normalized spacial score (nSPS) is 15.6. The second kappa shape index (κ2) is 8.28. The third kappa shape index (κ3) is 4.54. The zero-order valence-electron chi connectivity index (χ0n) is 16.8. The van der Waals surface area contributed by atoms with E-state index in [1.54, 1.807) is 23.5 Å². The summed E-state index contributed by atoms with van der Waals surface area (Å²) in [6, 6.07) is 15.7. The molecule has 4 rings (SSSR count). The van der Waals surface area contributed by atoms with Crippen LogP contribution < -0.4 is 4.90 Å². The maximum atomic E-state index is 12.9. The van der Waals surface area contributed by atoms with Crippen LogP contribution in [0.25, 0.3) is 0 Å². The third-order valence-corrected chi connectivity index (χ3v) is 8.74. The van der Waals surface area contributed by atoms with Crippen molar-refractivity contribution in [3.8, 4) is 0 Å². The number of aromatic nitrogens is 1. The smallest absolute Gasteiger partial charge is 0.185 e. The van der Waals surface area contributed by atoms with Gasteiger partial charge in [0.15, 0.2) is 15.0 Å². The standard InChI is InChI=1S/C23H26N2O2S2/c1-17-6-8-21(9-7-17)29(26,27)22-10-12-25(13-11-22)23-24-20(16-28-23)15-19-5-3-4-18(2)14-19/h3-9,14,16,22H,10-13,15H2,1-2H3. The summed E-state index contributed by atoms with van der Waals surface area (Å²) in [7, 11) is -3.27. The zero-order chi connectivity index (χ0) is 20.4. The molecule has 6 heteroatoms. The van der Waals surface area contributed by atoms with E-state index in [0.717, 1.165) is 35.9 Å². The fourth-order valence-electron chi connectivity index (χ4n) is 3.83. The molecule has 0 unspecified atom stereocenters. The van der Waals surface area contributed by atoms with Gasteiger partial charge in [0.2, 0.25) is 0 Å². The van der Waals surface area contributed by atoms with Crippen molar-refractivity contribution in [3.05, 3.63) is 76.3 Å². The van der Waals surface area contributed by atoms with E-state index < -0.39 is 9.84 Å². The summed E-state index contributed by atoms with van der Waals surface area (Å²) in [5.41, 5.74) is 4.67. The Morgan fingerprint density at radius 2 is 1.76 bits per heavy atom. The Hall–Kier alpha value is -2.18. The third-order valence-electron chi connectivity index (χ3n) is 5.51. The van der Waals surface area contributed by atoms with Gasteiger partial charge in [0.1, 0.15) is 0 Å². The second-order valence-electron chi connectivity index (χ2n) is 7.83.